The van der Waals surface area contributed by atoms with Gasteiger partial charge in [0.2, 0.25) is 0 Å². The number of nitrogens with zero attached hydrogens (tertiary/aromatic N) is 4. The van der Waals surface area contributed by atoms with Crippen molar-refractivity contribution >= 4 is 53.9 Å². The van der Waals surface area contributed by atoms with Gasteiger partial charge in [-0.2, -0.15) is 0 Å². The molecule has 0 radical (unpaired) electrons. The lowest BCUT2D eigenvalue weighted by Gasteiger charge is -2.12. The van der Waals surface area contributed by atoms with E-state index >= 15 is 0 Å². The minimum atomic E-state index is 0.610. The molecule has 57 heavy (non-hydrogen) atoms. The predicted molar refractivity (Wildman–Crippen MR) is 238 cm³/mol. The van der Waals surface area contributed by atoms with Gasteiger partial charge in [0.25, 0.3) is 0 Å². The topological polar surface area (TPSA) is 51.6 Å². The molecule has 4 nitrogen and oxygen atoms in total. The first kappa shape index (κ1) is 33.0. The molecular weight excluding hydrogens is 713 g/mol. The van der Waals surface area contributed by atoms with Crippen molar-refractivity contribution in [1.29, 1.82) is 0 Å². The maximum Gasteiger partial charge on any atom is 0.164 e. The van der Waals surface area contributed by atoms with Gasteiger partial charge in [-0.15, -0.1) is 11.3 Å². The summed E-state index contributed by atoms with van der Waals surface area (Å²) in [6.45, 7) is 0. The molecule has 0 bridgehead atoms. The highest BCUT2D eigenvalue weighted by Crippen LogP contribution is 2.39. The number of rotatable bonds is 6. The van der Waals surface area contributed by atoms with Crippen molar-refractivity contribution in [1.82, 2.24) is 19.9 Å². The molecule has 266 valence electrons. The van der Waals surface area contributed by atoms with Gasteiger partial charge in [-0.25, -0.2) is 19.9 Å². The smallest absolute Gasteiger partial charge is 0.164 e. The van der Waals surface area contributed by atoms with E-state index in [2.05, 4.69) is 158 Å². The van der Waals surface area contributed by atoms with Crippen LogP contribution in [0.5, 0.6) is 0 Å². The molecule has 0 spiro atoms. The molecule has 0 fully saturated rings. The SMILES string of the molecule is c1ccc(-c2cccc(-c3nc(-c4ccccc4)nc(-c4ccc5sc(-c6cccc(-c7ccc8c9ccccc9c9ccccc9c8c7)c6)nc5c4)n3)c2)cc1. The molecule has 0 unspecified atom stereocenters. The Morgan fingerprint density at radius 3 is 1.37 bits per heavy atom. The highest BCUT2D eigenvalue weighted by Gasteiger charge is 2.16. The van der Waals surface area contributed by atoms with Crippen LogP contribution in [-0.2, 0) is 0 Å². The van der Waals surface area contributed by atoms with Crippen molar-refractivity contribution in [3.05, 3.63) is 194 Å². The second-order valence-electron chi connectivity index (χ2n) is 14.3. The van der Waals surface area contributed by atoms with Crippen LogP contribution in [0.15, 0.2) is 194 Å². The first-order chi connectivity index (χ1) is 28.2. The van der Waals surface area contributed by atoms with E-state index in [9.17, 15) is 0 Å². The molecule has 0 amide bonds. The van der Waals surface area contributed by atoms with Crippen LogP contribution in [0.2, 0.25) is 0 Å². The van der Waals surface area contributed by atoms with Gasteiger partial charge in [0, 0.05) is 22.3 Å². The lowest BCUT2D eigenvalue weighted by Crippen LogP contribution is -2.00. The summed E-state index contributed by atoms with van der Waals surface area (Å²) in [5.41, 5.74) is 9.36. The summed E-state index contributed by atoms with van der Waals surface area (Å²) in [4.78, 5) is 20.2. The average molecular weight is 745 g/mol. The Labute approximate surface area is 333 Å². The Bertz CT molecular complexity index is 3260. The van der Waals surface area contributed by atoms with E-state index in [-0.39, 0.29) is 0 Å². The minimum Gasteiger partial charge on any atom is -0.236 e. The van der Waals surface area contributed by atoms with Gasteiger partial charge in [0.1, 0.15) is 5.01 Å². The largest absolute Gasteiger partial charge is 0.236 e. The number of hydrogen-bond acceptors (Lipinski definition) is 5. The summed E-state index contributed by atoms with van der Waals surface area (Å²) < 4.78 is 1.11. The van der Waals surface area contributed by atoms with Crippen molar-refractivity contribution in [3.63, 3.8) is 0 Å². The third kappa shape index (κ3) is 6.02. The number of aromatic nitrogens is 4. The number of fused-ring (bicyclic) bond motifs is 7. The summed E-state index contributed by atoms with van der Waals surface area (Å²) in [5.74, 6) is 1.87. The zero-order valence-electron chi connectivity index (χ0n) is 30.7. The molecule has 0 aliphatic heterocycles. The van der Waals surface area contributed by atoms with Gasteiger partial charge >= 0.3 is 0 Å². The van der Waals surface area contributed by atoms with Gasteiger partial charge < -0.3 is 0 Å². The van der Waals surface area contributed by atoms with Crippen LogP contribution in [-0.4, -0.2) is 19.9 Å². The molecule has 11 rings (SSSR count). The Hall–Kier alpha value is -7.34. The highest BCUT2D eigenvalue weighted by atomic mass is 32.1. The van der Waals surface area contributed by atoms with Crippen LogP contribution in [0, 0.1) is 0 Å². The third-order valence-corrected chi connectivity index (χ3v) is 11.8. The summed E-state index contributed by atoms with van der Waals surface area (Å²) >= 11 is 1.70. The predicted octanol–water partition coefficient (Wildman–Crippen LogP) is 13.9. The fourth-order valence-corrected chi connectivity index (χ4v) is 8.87. The molecule has 0 aliphatic carbocycles. The summed E-state index contributed by atoms with van der Waals surface area (Å²) in [6, 6.07) is 68.3. The Balaban J connectivity index is 0.974. The number of benzene rings is 9. The first-order valence-corrected chi connectivity index (χ1v) is 19.9. The van der Waals surface area contributed by atoms with E-state index in [1.165, 1.54) is 37.9 Å². The summed E-state index contributed by atoms with van der Waals surface area (Å²) in [7, 11) is 0. The van der Waals surface area contributed by atoms with Crippen LogP contribution in [0.4, 0.5) is 0 Å². The molecule has 2 aromatic heterocycles. The number of hydrogen-bond donors (Lipinski definition) is 0. The van der Waals surface area contributed by atoms with Gasteiger partial charge in [0.05, 0.1) is 10.2 Å². The molecule has 0 atom stereocenters. The van der Waals surface area contributed by atoms with E-state index in [4.69, 9.17) is 19.9 Å². The number of thiazole rings is 1. The van der Waals surface area contributed by atoms with Crippen LogP contribution >= 0.6 is 11.3 Å². The second-order valence-corrected chi connectivity index (χ2v) is 15.3. The molecule has 0 saturated carbocycles. The molecule has 2 heterocycles. The van der Waals surface area contributed by atoms with Crippen molar-refractivity contribution in [3.8, 4) is 67.0 Å². The Kier molecular flexibility index (Phi) is 7.97. The van der Waals surface area contributed by atoms with E-state index < -0.39 is 0 Å². The van der Waals surface area contributed by atoms with Crippen molar-refractivity contribution in [2.75, 3.05) is 0 Å². The van der Waals surface area contributed by atoms with E-state index in [1.807, 2.05) is 36.4 Å². The van der Waals surface area contributed by atoms with Gasteiger partial charge in [-0.05, 0) is 91.0 Å². The van der Waals surface area contributed by atoms with Crippen LogP contribution < -0.4 is 0 Å². The summed E-state index contributed by atoms with van der Waals surface area (Å²) in [5, 5.41) is 8.63. The van der Waals surface area contributed by atoms with E-state index in [0.29, 0.717) is 17.5 Å². The van der Waals surface area contributed by atoms with Crippen LogP contribution in [0.1, 0.15) is 0 Å². The zero-order chi connectivity index (χ0) is 37.7. The Morgan fingerprint density at radius 1 is 0.263 bits per heavy atom. The van der Waals surface area contributed by atoms with Gasteiger partial charge in [0.15, 0.2) is 17.5 Å². The minimum absolute atomic E-state index is 0.610. The van der Waals surface area contributed by atoms with Crippen molar-refractivity contribution in [2.45, 2.75) is 0 Å². The standard InChI is InChI=1S/C52H32N4S/c1-3-13-33(14-4-1)35-17-11-19-38(29-35)50-54-49(34-15-5-2-6-16-34)55-51(56-50)39-26-28-48-47(32-39)53-52(57-48)40-20-12-18-36(30-40)37-25-27-45-43-23-8-7-21-41(43)42-22-9-10-24-44(42)46(45)31-37/h1-32H. The summed E-state index contributed by atoms with van der Waals surface area (Å²) in [6.07, 6.45) is 0. The average Bonchev–Trinajstić information content (AvgIpc) is 3.73. The Morgan fingerprint density at radius 2 is 0.702 bits per heavy atom. The fourth-order valence-electron chi connectivity index (χ4n) is 7.93. The van der Waals surface area contributed by atoms with E-state index in [1.54, 1.807) is 11.3 Å². The lowest BCUT2D eigenvalue weighted by molar-refractivity contribution is 1.07. The molecule has 0 N–H and O–H groups in total. The van der Waals surface area contributed by atoms with E-state index in [0.717, 1.165) is 54.2 Å². The fraction of sp³-hybridized carbons (Fsp3) is 0. The molecular formula is C52H32N4S. The van der Waals surface area contributed by atoms with Crippen molar-refractivity contribution in [2.24, 2.45) is 0 Å². The van der Waals surface area contributed by atoms with Crippen LogP contribution in [0.25, 0.3) is 110 Å². The normalized spacial score (nSPS) is 11.5. The van der Waals surface area contributed by atoms with Gasteiger partial charge in [-0.3, -0.25) is 0 Å². The highest BCUT2D eigenvalue weighted by molar-refractivity contribution is 7.21. The monoisotopic (exact) mass is 744 g/mol. The van der Waals surface area contributed by atoms with Gasteiger partial charge in [-0.1, -0.05) is 158 Å². The maximum absolute atomic E-state index is 5.18. The first-order valence-electron chi connectivity index (χ1n) is 19.0. The molecule has 11 aromatic rings. The maximum atomic E-state index is 5.18. The lowest BCUT2D eigenvalue weighted by atomic mass is 9.92. The molecule has 5 heteroatoms. The zero-order valence-corrected chi connectivity index (χ0v) is 31.5. The van der Waals surface area contributed by atoms with Crippen molar-refractivity contribution < 1.29 is 0 Å². The molecule has 9 aromatic carbocycles. The second kappa shape index (κ2) is 13.7. The molecule has 0 aliphatic rings. The third-order valence-electron chi connectivity index (χ3n) is 10.7. The quantitative estimate of drug-likeness (QED) is 0.159. The molecule has 0 saturated heterocycles. The van der Waals surface area contributed by atoms with Crippen LogP contribution in [0.3, 0.4) is 0 Å².